The lowest BCUT2D eigenvalue weighted by Crippen LogP contribution is -2.10. The Labute approximate surface area is 105 Å². The van der Waals surface area contributed by atoms with Gasteiger partial charge in [-0.2, -0.15) is 0 Å². The van der Waals surface area contributed by atoms with Crippen molar-refractivity contribution in [3.05, 3.63) is 35.7 Å². The Morgan fingerprint density at radius 2 is 2.17 bits per heavy atom. The highest BCUT2D eigenvalue weighted by Crippen LogP contribution is 2.35. The zero-order chi connectivity index (χ0) is 13.1. The van der Waals surface area contributed by atoms with E-state index >= 15 is 0 Å². The molecule has 0 spiro atoms. The van der Waals surface area contributed by atoms with Crippen molar-refractivity contribution in [3.63, 3.8) is 0 Å². The van der Waals surface area contributed by atoms with Crippen molar-refractivity contribution in [2.75, 3.05) is 5.32 Å². The first-order valence-corrected chi connectivity index (χ1v) is 5.75. The van der Waals surface area contributed by atoms with Gasteiger partial charge in [0.2, 0.25) is 5.91 Å². The number of carbonyl (C=O) groups excluding carboxylic acids is 1. The summed E-state index contributed by atoms with van der Waals surface area (Å²) in [5.74, 6) is -0.732. The number of allylic oxidation sites excluding steroid dienone is 1. The molecule has 0 radical (unpaired) electrons. The maximum absolute atomic E-state index is 11.6. The fourth-order valence-corrected chi connectivity index (χ4v) is 1.64. The van der Waals surface area contributed by atoms with E-state index in [1.807, 2.05) is 6.92 Å². The smallest absolute Gasteiger partial charge is 0.354 e. The average Bonchev–Trinajstić information content (AvgIpc) is 3.13. The predicted molar refractivity (Wildman–Crippen MR) is 66.3 cm³/mol. The monoisotopic (exact) mass is 246 g/mol. The molecule has 94 valence electrons. The number of rotatable bonds is 4. The third-order valence-corrected chi connectivity index (χ3v) is 2.83. The van der Waals surface area contributed by atoms with Crippen LogP contribution in [0, 0.1) is 5.92 Å². The number of carboxylic acids is 1. The van der Waals surface area contributed by atoms with Gasteiger partial charge in [0.15, 0.2) is 0 Å². The van der Waals surface area contributed by atoms with Crippen LogP contribution in [0.4, 0.5) is 5.69 Å². The Bertz CT molecular complexity index is 501. The molecule has 0 aromatic carbocycles. The number of pyridine rings is 1. The second-order valence-corrected chi connectivity index (χ2v) is 4.39. The molecule has 0 atom stereocenters. The van der Waals surface area contributed by atoms with Crippen LogP contribution in [0.5, 0.6) is 0 Å². The molecule has 1 saturated carbocycles. The zero-order valence-electron chi connectivity index (χ0n) is 10.0. The minimum atomic E-state index is -1.09. The highest BCUT2D eigenvalue weighted by molar-refractivity contribution is 5.99. The Morgan fingerprint density at radius 3 is 2.67 bits per heavy atom. The number of aromatic carboxylic acids is 1. The Kier molecular flexibility index (Phi) is 3.41. The van der Waals surface area contributed by atoms with Crippen molar-refractivity contribution in [3.8, 4) is 0 Å². The SMILES string of the molecule is C/C(=C\C(=O)Nc1ccc(C(=O)O)nc1)C1CC1. The number of aromatic nitrogens is 1. The van der Waals surface area contributed by atoms with E-state index in [1.165, 1.54) is 18.3 Å². The Hall–Kier alpha value is -2.17. The summed E-state index contributed by atoms with van der Waals surface area (Å²) in [5, 5.41) is 11.3. The largest absolute Gasteiger partial charge is 0.477 e. The number of carboxylic acid groups (broad SMARTS) is 1. The van der Waals surface area contributed by atoms with Crippen molar-refractivity contribution >= 4 is 17.6 Å². The van der Waals surface area contributed by atoms with E-state index in [1.54, 1.807) is 6.08 Å². The van der Waals surface area contributed by atoms with Crippen molar-refractivity contribution in [1.82, 2.24) is 4.98 Å². The summed E-state index contributed by atoms with van der Waals surface area (Å²) in [5.41, 5.74) is 1.53. The lowest BCUT2D eigenvalue weighted by atomic mass is 10.2. The molecule has 1 aliphatic rings. The van der Waals surface area contributed by atoms with E-state index in [-0.39, 0.29) is 11.6 Å². The van der Waals surface area contributed by atoms with Gasteiger partial charge >= 0.3 is 5.97 Å². The average molecular weight is 246 g/mol. The number of nitrogens with zero attached hydrogens (tertiary/aromatic N) is 1. The predicted octanol–water partition coefficient (Wildman–Crippen LogP) is 2.07. The van der Waals surface area contributed by atoms with Crippen LogP contribution in [0.15, 0.2) is 30.0 Å². The number of anilines is 1. The fraction of sp³-hybridized carbons (Fsp3) is 0.308. The van der Waals surface area contributed by atoms with Gasteiger partial charge in [0.05, 0.1) is 11.9 Å². The van der Waals surface area contributed by atoms with Gasteiger partial charge in [0.25, 0.3) is 0 Å². The van der Waals surface area contributed by atoms with E-state index in [0.717, 1.165) is 18.4 Å². The van der Waals surface area contributed by atoms with Gasteiger partial charge < -0.3 is 10.4 Å². The number of nitrogens with one attached hydrogen (secondary N) is 1. The molecule has 1 heterocycles. The summed E-state index contributed by atoms with van der Waals surface area (Å²) in [6.07, 6.45) is 5.24. The highest BCUT2D eigenvalue weighted by Gasteiger charge is 2.23. The number of amides is 1. The first-order chi connectivity index (χ1) is 8.56. The van der Waals surface area contributed by atoms with Crippen molar-refractivity contribution in [2.24, 2.45) is 5.92 Å². The zero-order valence-corrected chi connectivity index (χ0v) is 10.0. The van der Waals surface area contributed by atoms with Crippen LogP contribution in [0.1, 0.15) is 30.3 Å². The van der Waals surface area contributed by atoms with Crippen LogP contribution in [-0.2, 0) is 4.79 Å². The lowest BCUT2D eigenvalue weighted by Gasteiger charge is -2.03. The molecule has 1 fully saturated rings. The topological polar surface area (TPSA) is 79.3 Å². The van der Waals surface area contributed by atoms with E-state index in [9.17, 15) is 9.59 Å². The van der Waals surface area contributed by atoms with Crippen molar-refractivity contribution < 1.29 is 14.7 Å². The van der Waals surface area contributed by atoms with Gasteiger partial charge in [-0.15, -0.1) is 0 Å². The quantitative estimate of drug-likeness (QED) is 0.797. The van der Waals surface area contributed by atoms with Gasteiger partial charge in [-0.25, -0.2) is 9.78 Å². The summed E-state index contributed by atoms with van der Waals surface area (Å²) < 4.78 is 0. The molecule has 0 unspecified atom stereocenters. The second kappa shape index (κ2) is 5.00. The molecule has 1 aromatic heterocycles. The summed E-state index contributed by atoms with van der Waals surface area (Å²) in [7, 11) is 0. The van der Waals surface area contributed by atoms with Crippen molar-refractivity contribution in [2.45, 2.75) is 19.8 Å². The molecule has 5 nitrogen and oxygen atoms in total. The summed E-state index contributed by atoms with van der Waals surface area (Å²) in [6.45, 7) is 1.95. The van der Waals surface area contributed by atoms with Gasteiger partial charge in [-0.05, 0) is 37.8 Å². The maximum atomic E-state index is 11.6. The number of hydrogen-bond donors (Lipinski definition) is 2. The van der Waals surface area contributed by atoms with E-state index in [2.05, 4.69) is 10.3 Å². The molecule has 1 amide bonds. The van der Waals surface area contributed by atoms with Crippen LogP contribution in [-0.4, -0.2) is 22.0 Å². The second-order valence-electron chi connectivity index (χ2n) is 4.39. The molecular weight excluding hydrogens is 232 g/mol. The first-order valence-electron chi connectivity index (χ1n) is 5.75. The normalized spacial score (nSPS) is 15.3. The molecule has 0 bridgehead atoms. The van der Waals surface area contributed by atoms with Gasteiger partial charge in [0.1, 0.15) is 5.69 Å². The Balaban J connectivity index is 1.98. The molecule has 1 aromatic rings. The molecule has 2 N–H and O–H groups in total. The van der Waals surface area contributed by atoms with E-state index in [0.29, 0.717) is 11.6 Å². The van der Waals surface area contributed by atoms with Crippen LogP contribution < -0.4 is 5.32 Å². The van der Waals surface area contributed by atoms with Gasteiger partial charge in [-0.1, -0.05) is 5.57 Å². The van der Waals surface area contributed by atoms with Crippen LogP contribution >= 0.6 is 0 Å². The molecule has 18 heavy (non-hydrogen) atoms. The molecule has 0 aliphatic heterocycles. The molecule has 5 heteroatoms. The maximum Gasteiger partial charge on any atom is 0.354 e. The van der Waals surface area contributed by atoms with E-state index < -0.39 is 5.97 Å². The van der Waals surface area contributed by atoms with Crippen LogP contribution in [0.2, 0.25) is 0 Å². The third-order valence-electron chi connectivity index (χ3n) is 2.83. The number of hydrogen-bond acceptors (Lipinski definition) is 3. The van der Waals surface area contributed by atoms with Gasteiger partial charge in [-0.3, -0.25) is 4.79 Å². The van der Waals surface area contributed by atoms with E-state index in [4.69, 9.17) is 5.11 Å². The van der Waals surface area contributed by atoms with Crippen molar-refractivity contribution in [1.29, 1.82) is 0 Å². The van der Waals surface area contributed by atoms with Gasteiger partial charge in [0, 0.05) is 6.08 Å². The summed E-state index contributed by atoms with van der Waals surface area (Å²) >= 11 is 0. The Morgan fingerprint density at radius 1 is 1.44 bits per heavy atom. The van der Waals surface area contributed by atoms with Crippen LogP contribution in [0.3, 0.4) is 0 Å². The summed E-state index contributed by atoms with van der Waals surface area (Å²) in [4.78, 5) is 26.0. The molecular formula is C13H14N2O3. The summed E-state index contributed by atoms with van der Waals surface area (Å²) in [6, 6.07) is 2.88. The minimum absolute atomic E-state index is 0.0438. The van der Waals surface area contributed by atoms with Crippen LogP contribution in [0.25, 0.3) is 0 Å². The minimum Gasteiger partial charge on any atom is -0.477 e. The number of carbonyl (C=O) groups is 2. The molecule has 2 rings (SSSR count). The standard InChI is InChI=1S/C13H14N2O3/c1-8(9-2-3-9)6-12(16)15-10-4-5-11(13(17)18)14-7-10/h4-7,9H,2-3H2,1H3,(H,15,16)(H,17,18)/b8-6+. The molecule has 1 aliphatic carbocycles. The fourth-order valence-electron chi connectivity index (χ4n) is 1.64. The first kappa shape index (κ1) is 12.3. The molecule has 0 saturated heterocycles. The highest BCUT2D eigenvalue weighted by atomic mass is 16.4. The third kappa shape index (κ3) is 3.16. The lowest BCUT2D eigenvalue weighted by molar-refractivity contribution is -0.112.